The SMILES string of the molecule is COCCCNC(=O)c1cccc(C(=O)NC2CCS(=O)(=O)C2)n1. The Hall–Kier alpha value is -2.00. The van der Waals surface area contributed by atoms with Gasteiger partial charge in [0.1, 0.15) is 11.4 Å². The van der Waals surface area contributed by atoms with Crippen LogP contribution >= 0.6 is 0 Å². The van der Waals surface area contributed by atoms with Crippen molar-refractivity contribution in [1.29, 1.82) is 0 Å². The Morgan fingerprint density at radius 1 is 1.29 bits per heavy atom. The molecule has 132 valence electrons. The number of hydrogen-bond donors (Lipinski definition) is 2. The normalized spacial score (nSPS) is 19.0. The molecule has 2 amide bonds. The number of aromatic nitrogens is 1. The van der Waals surface area contributed by atoms with Crippen molar-refractivity contribution in [2.75, 3.05) is 31.8 Å². The Kier molecular flexibility index (Phi) is 6.27. The number of ether oxygens (including phenoxy) is 1. The van der Waals surface area contributed by atoms with Gasteiger partial charge in [0, 0.05) is 26.3 Å². The van der Waals surface area contributed by atoms with E-state index in [0.29, 0.717) is 26.0 Å². The first-order chi connectivity index (χ1) is 11.4. The molecule has 1 aliphatic heterocycles. The predicted molar refractivity (Wildman–Crippen MR) is 87.6 cm³/mol. The van der Waals surface area contributed by atoms with Crippen molar-refractivity contribution < 1.29 is 22.7 Å². The van der Waals surface area contributed by atoms with Crippen molar-refractivity contribution in [2.45, 2.75) is 18.9 Å². The predicted octanol–water partition coefficient (Wildman–Crippen LogP) is -0.235. The third-order valence-corrected chi connectivity index (χ3v) is 5.36. The van der Waals surface area contributed by atoms with E-state index in [2.05, 4.69) is 15.6 Å². The molecule has 0 spiro atoms. The zero-order valence-corrected chi connectivity index (χ0v) is 14.3. The van der Waals surface area contributed by atoms with Gasteiger partial charge in [-0.2, -0.15) is 0 Å². The first-order valence-electron chi connectivity index (χ1n) is 7.67. The Balaban J connectivity index is 1.94. The van der Waals surface area contributed by atoms with Crippen LogP contribution in [0.2, 0.25) is 0 Å². The largest absolute Gasteiger partial charge is 0.385 e. The smallest absolute Gasteiger partial charge is 0.270 e. The molecule has 9 heteroatoms. The molecule has 1 atom stereocenters. The zero-order valence-electron chi connectivity index (χ0n) is 13.4. The van der Waals surface area contributed by atoms with Crippen LogP contribution in [0.1, 0.15) is 33.8 Å². The molecule has 2 heterocycles. The van der Waals surface area contributed by atoms with E-state index in [1.165, 1.54) is 12.1 Å². The van der Waals surface area contributed by atoms with E-state index >= 15 is 0 Å². The average Bonchev–Trinajstić information content (AvgIpc) is 2.90. The van der Waals surface area contributed by atoms with E-state index in [9.17, 15) is 18.0 Å². The maximum atomic E-state index is 12.2. The molecular formula is C15H21N3O5S. The van der Waals surface area contributed by atoms with Crippen LogP contribution in [-0.4, -0.2) is 63.0 Å². The second-order valence-electron chi connectivity index (χ2n) is 5.58. The van der Waals surface area contributed by atoms with Crippen LogP contribution in [0.3, 0.4) is 0 Å². The van der Waals surface area contributed by atoms with Crippen molar-refractivity contribution in [3.05, 3.63) is 29.6 Å². The van der Waals surface area contributed by atoms with Gasteiger partial charge in [0.2, 0.25) is 0 Å². The number of hydrogen-bond acceptors (Lipinski definition) is 6. The summed E-state index contributed by atoms with van der Waals surface area (Å²) in [4.78, 5) is 28.2. The number of sulfone groups is 1. The molecule has 0 radical (unpaired) electrons. The average molecular weight is 355 g/mol. The molecule has 8 nitrogen and oxygen atoms in total. The fourth-order valence-electron chi connectivity index (χ4n) is 2.36. The van der Waals surface area contributed by atoms with Gasteiger partial charge in [-0.25, -0.2) is 13.4 Å². The number of nitrogens with one attached hydrogen (secondary N) is 2. The second-order valence-corrected chi connectivity index (χ2v) is 7.81. The lowest BCUT2D eigenvalue weighted by atomic mass is 10.2. The van der Waals surface area contributed by atoms with Crippen LogP contribution in [0.5, 0.6) is 0 Å². The lowest BCUT2D eigenvalue weighted by molar-refractivity contribution is 0.0934. The first-order valence-corrected chi connectivity index (χ1v) is 9.49. The minimum atomic E-state index is -3.07. The molecule has 2 N–H and O–H groups in total. The summed E-state index contributed by atoms with van der Waals surface area (Å²) >= 11 is 0. The van der Waals surface area contributed by atoms with Crippen LogP contribution in [0.25, 0.3) is 0 Å². The lowest BCUT2D eigenvalue weighted by Gasteiger charge is -2.11. The van der Waals surface area contributed by atoms with Gasteiger partial charge >= 0.3 is 0 Å². The van der Waals surface area contributed by atoms with Crippen LogP contribution in [0.4, 0.5) is 0 Å². The maximum Gasteiger partial charge on any atom is 0.270 e. The third kappa shape index (κ3) is 5.27. The molecule has 1 saturated heterocycles. The van der Waals surface area contributed by atoms with Crippen molar-refractivity contribution in [2.24, 2.45) is 0 Å². The van der Waals surface area contributed by atoms with Crippen molar-refractivity contribution in [1.82, 2.24) is 15.6 Å². The maximum absolute atomic E-state index is 12.2. The summed E-state index contributed by atoms with van der Waals surface area (Å²) in [6.07, 6.45) is 1.08. The van der Waals surface area contributed by atoms with E-state index in [4.69, 9.17) is 4.74 Å². The highest BCUT2D eigenvalue weighted by Gasteiger charge is 2.29. The Morgan fingerprint density at radius 2 is 2.00 bits per heavy atom. The fraction of sp³-hybridized carbons (Fsp3) is 0.533. The summed E-state index contributed by atoms with van der Waals surface area (Å²) in [5.41, 5.74) is 0.225. The van der Waals surface area contributed by atoms with Crippen molar-refractivity contribution >= 4 is 21.7 Å². The quantitative estimate of drug-likeness (QED) is 0.653. The van der Waals surface area contributed by atoms with Gasteiger partial charge in [-0.1, -0.05) is 6.07 Å². The summed E-state index contributed by atoms with van der Waals surface area (Å²) in [5.74, 6) is -0.830. The number of amides is 2. The van der Waals surface area contributed by atoms with Gasteiger partial charge in [0.15, 0.2) is 9.84 Å². The molecule has 0 bridgehead atoms. The van der Waals surface area contributed by atoms with Crippen LogP contribution < -0.4 is 10.6 Å². The van der Waals surface area contributed by atoms with E-state index < -0.39 is 21.8 Å². The molecule has 0 saturated carbocycles. The summed E-state index contributed by atoms with van der Waals surface area (Å²) in [6.45, 7) is 0.991. The number of carbonyl (C=O) groups is 2. The van der Waals surface area contributed by atoms with E-state index in [1.54, 1.807) is 13.2 Å². The molecule has 2 rings (SSSR count). The highest BCUT2D eigenvalue weighted by molar-refractivity contribution is 7.91. The van der Waals surface area contributed by atoms with Gasteiger partial charge < -0.3 is 15.4 Å². The Morgan fingerprint density at radius 3 is 2.62 bits per heavy atom. The zero-order chi connectivity index (χ0) is 17.6. The number of methoxy groups -OCH3 is 1. The van der Waals surface area contributed by atoms with Crippen molar-refractivity contribution in [3.8, 4) is 0 Å². The summed E-state index contributed by atoms with van der Waals surface area (Å²) in [6, 6.07) is 4.16. The minimum absolute atomic E-state index is 0.0571. The topological polar surface area (TPSA) is 114 Å². The number of rotatable bonds is 7. The molecular weight excluding hydrogens is 334 g/mol. The third-order valence-electron chi connectivity index (χ3n) is 3.59. The minimum Gasteiger partial charge on any atom is -0.385 e. The van der Waals surface area contributed by atoms with Gasteiger partial charge in [0.05, 0.1) is 11.5 Å². The first kappa shape index (κ1) is 18.3. The number of nitrogens with zero attached hydrogens (tertiary/aromatic N) is 1. The highest BCUT2D eigenvalue weighted by Crippen LogP contribution is 2.12. The van der Waals surface area contributed by atoms with Gasteiger partial charge in [-0.3, -0.25) is 9.59 Å². The molecule has 1 unspecified atom stereocenters. The molecule has 0 aliphatic carbocycles. The standard InChI is InChI=1S/C15H21N3O5S/c1-23-8-3-7-16-14(19)12-4-2-5-13(18-12)15(20)17-11-6-9-24(21,22)10-11/h2,4-5,11H,3,6-10H2,1H3,(H,16,19)(H,17,20). The molecule has 0 aromatic carbocycles. The van der Waals surface area contributed by atoms with Gasteiger partial charge in [0.25, 0.3) is 11.8 Å². The fourth-order valence-corrected chi connectivity index (χ4v) is 4.04. The molecule has 1 aliphatic rings. The van der Waals surface area contributed by atoms with E-state index in [0.717, 1.165) is 0 Å². The summed E-state index contributed by atoms with van der Waals surface area (Å²) in [7, 11) is -1.49. The summed E-state index contributed by atoms with van der Waals surface area (Å²) in [5, 5.41) is 5.34. The van der Waals surface area contributed by atoms with Crippen molar-refractivity contribution in [3.63, 3.8) is 0 Å². The van der Waals surface area contributed by atoms with Gasteiger partial charge in [-0.05, 0) is 25.0 Å². The van der Waals surface area contributed by atoms with Gasteiger partial charge in [-0.15, -0.1) is 0 Å². The molecule has 1 aromatic heterocycles. The van der Waals surface area contributed by atoms with E-state index in [1.807, 2.05) is 0 Å². The Labute approximate surface area is 140 Å². The number of carbonyl (C=O) groups excluding carboxylic acids is 2. The van der Waals surface area contributed by atoms with E-state index in [-0.39, 0.29) is 28.8 Å². The summed E-state index contributed by atoms with van der Waals surface area (Å²) < 4.78 is 27.7. The van der Waals surface area contributed by atoms with Crippen LogP contribution in [0.15, 0.2) is 18.2 Å². The molecule has 1 aromatic rings. The van der Waals surface area contributed by atoms with Crippen LogP contribution in [0, 0.1) is 0 Å². The number of pyridine rings is 1. The highest BCUT2D eigenvalue weighted by atomic mass is 32.2. The molecule has 1 fully saturated rings. The molecule has 24 heavy (non-hydrogen) atoms. The second kappa shape index (κ2) is 8.20. The monoisotopic (exact) mass is 355 g/mol. The lowest BCUT2D eigenvalue weighted by Crippen LogP contribution is -2.36. The van der Waals surface area contributed by atoms with Crippen LogP contribution in [-0.2, 0) is 14.6 Å². The Bertz CT molecular complexity index is 705.